The van der Waals surface area contributed by atoms with Gasteiger partial charge >= 0.3 is 5.97 Å². The molecule has 84 valence electrons. The quantitative estimate of drug-likeness (QED) is 0.648. The molecule has 1 N–H and O–H groups in total. The van der Waals surface area contributed by atoms with Crippen LogP contribution in [0.15, 0.2) is 24.3 Å². The first-order chi connectivity index (χ1) is 7.70. The third-order valence-electron chi connectivity index (χ3n) is 2.37. The highest BCUT2D eigenvalue weighted by atomic mass is 32.2. The van der Waals surface area contributed by atoms with E-state index in [4.69, 9.17) is 12.2 Å². The summed E-state index contributed by atoms with van der Waals surface area (Å²) in [5.41, 5.74) is 2.09. The number of methoxy groups -OCH3 is 1. The number of thiocarbonyl (C=S) groups is 1. The Balaban J connectivity index is 2.26. The number of carbonyl (C=O) groups is 1. The van der Waals surface area contributed by atoms with Crippen LogP contribution in [0.1, 0.15) is 17.2 Å². The number of anilines is 1. The fourth-order valence-corrected chi connectivity index (χ4v) is 3.05. The van der Waals surface area contributed by atoms with Gasteiger partial charge in [-0.1, -0.05) is 42.2 Å². The van der Waals surface area contributed by atoms with Crippen molar-refractivity contribution in [2.45, 2.75) is 11.7 Å². The number of fused-ring (bicyclic) bond motifs is 1. The van der Waals surface area contributed by atoms with Crippen LogP contribution in [-0.4, -0.2) is 17.4 Å². The molecule has 0 fully saturated rings. The lowest BCUT2D eigenvalue weighted by atomic mass is 10.1. The number of hydrogen-bond donors (Lipinski definition) is 1. The average molecular weight is 253 g/mol. The molecule has 0 radical (unpaired) electrons. The summed E-state index contributed by atoms with van der Waals surface area (Å²) >= 11 is 6.64. The van der Waals surface area contributed by atoms with Crippen molar-refractivity contribution in [2.24, 2.45) is 0 Å². The van der Waals surface area contributed by atoms with Gasteiger partial charge in [-0.3, -0.25) is 4.79 Å². The Bertz CT molecular complexity index is 434. The summed E-state index contributed by atoms with van der Waals surface area (Å²) in [5.74, 6) is -0.211. The monoisotopic (exact) mass is 253 g/mol. The van der Waals surface area contributed by atoms with Crippen LogP contribution in [-0.2, 0) is 9.53 Å². The first-order valence-corrected chi connectivity index (χ1v) is 6.13. The summed E-state index contributed by atoms with van der Waals surface area (Å²) in [6, 6.07) is 7.87. The van der Waals surface area contributed by atoms with E-state index in [1.54, 1.807) is 0 Å². The van der Waals surface area contributed by atoms with E-state index in [0.29, 0.717) is 10.7 Å². The summed E-state index contributed by atoms with van der Waals surface area (Å²) in [4.78, 5) is 11.3. The lowest BCUT2D eigenvalue weighted by Gasteiger charge is -2.25. The molecule has 0 saturated carbocycles. The molecule has 5 heteroatoms. The maximum atomic E-state index is 11.3. The van der Waals surface area contributed by atoms with Crippen molar-refractivity contribution in [1.82, 2.24) is 0 Å². The average Bonchev–Trinajstić information content (AvgIpc) is 2.28. The molecule has 16 heavy (non-hydrogen) atoms. The van der Waals surface area contributed by atoms with Crippen molar-refractivity contribution in [2.75, 3.05) is 12.4 Å². The number of esters is 1. The zero-order chi connectivity index (χ0) is 11.5. The topological polar surface area (TPSA) is 38.3 Å². The zero-order valence-electron chi connectivity index (χ0n) is 8.73. The lowest BCUT2D eigenvalue weighted by Crippen LogP contribution is -2.18. The van der Waals surface area contributed by atoms with Gasteiger partial charge in [-0.15, -0.1) is 0 Å². The number of nitrogens with one attached hydrogen (secondary N) is 1. The number of ether oxygens (including phenoxy) is 1. The molecule has 0 bridgehead atoms. The second kappa shape index (κ2) is 4.84. The van der Waals surface area contributed by atoms with Crippen LogP contribution in [0.4, 0.5) is 5.69 Å². The van der Waals surface area contributed by atoms with E-state index in [1.807, 2.05) is 24.3 Å². The largest absolute Gasteiger partial charge is 0.469 e. The normalized spacial score (nSPS) is 18.6. The smallest absolute Gasteiger partial charge is 0.306 e. The van der Waals surface area contributed by atoms with Crippen LogP contribution in [0.5, 0.6) is 0 Å². The Morgan fingerprint density at radius 3 is 3.06 bits per heavy atom. The molecule has 0 amide bonds. The van der Waals surface area contributed by atoms with Crippen molar-refractivity contribution < 1.29 is 9.53 Å². The minimum absolute atomic E-state index is 0.0531. The van der Waals surface area contributed by atoms with E-state index in [2.05, 4.69) is 10.1 Å². The van der Waals surface area contributed by atoms with Crippen LogP contribution in [0, 0.1) is 0 Å². The highest BCUT2D eigenvalue weighted by Gasteiger charge is 2.25. The van der Waals surface area contributed by atoms with Crippen molar-refractivity contribution in [3.8, 4) is 0 Å². The van der Waals surface area contributed by atoms with E-state index >= 15 is 0 Å². The Hall–Kier alpha value is -1.07. The lowest BCUT2D eigenvalue weighted by molar-refractivity contribution is -0.140. The molecule has 1 aliphatic heterocycles. The second-order valence-electron chi connectivity index (χ2n) is 3.39. The summed E-state index contributed by atoms with van der Waals surface area (Å²) in [6.07, 6.45) is 0.347. The number of benzene rings is 1. The molecule has 1 aromatic carbocycles. The minimum atomic E-state index is -0.211. The second-order valence-corrected chi connectivity index (χ2v) is 5.27. The molecule has 1 heterocycles. The van der Waals surface area contributed by atoms with Gasteiger partial charge in [0.2, 0.25) is 0 Å². The van der Waals surface area contributed by atoms with Gasteiger partial charge in [0, 0.05) is 10.9 Å². The molecule has 1 aromatic rings. The molecule has 2 rings (SSSR count). The van der Waals surface area contributed by atoms with Crippen molar-refractivity contribution in [3.63, 3.8) is 0 Å². The molecule has 0 spiro atoms. The molecule has 0 aromatic heterocycles. The van der Waals surface area contributed by atoms with Gasteiger partial charge in [-0.25, -0.2) is 0 Å². The van der Waals surface area contributed by atoms with Gasteiger partial charge in [-0.05, 0) is 11.6 Å². The maximum absolute atomic E-state index is 11.3. The van der Waals surface area contributed by atoms with E-state index in [-0.39, 0.29) is 11.2 Å². The Morgan fingerprint density at radius 1 is 1.56 bits per heavy atom. The van der Waals surface area contributed by atoms with Gasteiger partial charge < -0.3 is 10.1 Å². The van der Waals surface area contributed by atoms with Crippen LogP contribution in [0.2, 0.25) is 0 Å². The fourth-order valence-electron chi connectivity index (χ4n) is 1.61. The van der Waals surface area contributed by atoms with E-state index in [1.165, 1.54) is 18.9 Å². The van der Waals surface area contributed by atoms with Gasteiger partial charge in [0.15, 0.2) is 0 Å². The molecule has 0 saturated heterocycles. The molecule has 1 unspecified atom stereocenters. The van der Waals surface area contributed by atoms with Gasteiger partial charge in [0.1, 0.15) is 4.32 Å². The van der Waals surface area contributed by atoms with Crippen molar-refractivity contribution in [1.29, 1.82) is 0 Å². The molecular formula is C11H11NO2S2. The van der Waals surface area contributed by atoms with E-state index in [9.17, 15) is 4.79 Å². The number of hydrogen-bond acceptors (Lipinski definition) is 4. The SMILES string of the molecule is COC(=O)CC1SC(=S)Nc2ccccc21. The predicted octanol–water partition coefficient (Wildman–Crippen LogP) is 2.73. The summed E-state index contributed by atoms with van der Waals surface area (Å²) in [5, 5.41) is 3.18. The van der Waals surface area contributed by atoms with Crippen LogP contribution in [0.3, 0.4) is 0 Å². The molecular weight excluding hydrogens is 242 g/mol. The first kappa shape index (κ1) is 11.4. The van der Waals surface area contributed by atoms with Gasteiger partial charge in [0.05, 0.1) is 13.5 Å². The zero-order valence-corrected chi connectivity index (χ0v) is 10.4. The van der Waals surface area contributed by atoms with E-state index in [0.717, 1.165) is 11.3 Å². The first-order valence-electron chi connectivity index (χ1n) is 4.84. The molecule has 0 aliphatic carbocycles. The standard InChI is InChI=1S/C11H11NO2S2/c1-14-10(13)6-9-7-4-2-3-5-8(7)12-11(15)16-9/h2-5,9H,6H2,1H3,(H,12,15). The minimum Gasteiger partial charge on any atom is -0.469 e. The third kappa shape index (κ3) is 2.36. The van der Waals surface area contributed by atoms with Crippen molar-refractivity contribution >= 4 is 40.0 Å². The fraction of sp³-hybridized carbons (Fsp3) is 0.273. The summed E-state index contributed by atoms with van der Waals surface area (Å²) < 4.78 is 5.39. The Morgan fingerprint density at radius 2 is 2.31 bits per heavy atom. The van der Waals surface area contributed by atoms with Gasteiger partial charge in [0.25, 0.3) is 0 Å². The van der Waals surface area contributed by atoms with Crippen LogP contribution < -0.4 is 5.32 Å². The third-order valence-corrected chi connectivity index (χ3v) is 3.79. The van der Waals surface area contributed by atoms with E-state index < -0.39 is 0 Å². The molecule has 3 nitrogen and oxygen atoms in total. The number of carbonyl (C=O) groups excluding carboxylic acids is 1. The Kier molecular flexibility index (Phi) is 3.46. The predicted molar refractivity (Wildman–Crippen MR) is 69.6 cm³/mol. The van der Waals surface area contributed by atoms with Gasteiger partial charge in [-0.2, -0.15) is 0 Å². The highest BCUT2D eigenvalue weighted by Crippen LogP contribution is 2.41. The molecule has 1 atom stereocenters. The molecule has 1 aliphatic rings. The number of thioether (sulfide) groups is 1. The van der Waals surface area contributed by atoms with Crippen molar-refractivity contribution in [3.05, 3.63) is 29.8 Å². The number of rotatable bonds is 2. The van der Waals surface area contributed by atoms with Crippen LogP contribution >= 0.6 is 24.0 Å². The summed E-state index contributed by atoms with van der Waals surface area (Å²) in [6.45, 7) is 0. The Labute approximate surface area is 104 Å². The number of para-hydroxylation sites is 1. The highest BCUT2D eigenvalue weighted by molar-refractivity contribution is 8.23. The maximum Gasteiger partial charge on any atom is 0.306 e. The summed E-state index contributed by atoms with van der Waals surface area (Å²) in [7, 11) is 1.40. The van der Waals surface area contributed by atoms with Crippen LogP contribution in [0.25, 0.3) is 0 Å².